The number of benzene rings is 1. The topological polar surface area (TPSA) is 59.8 Å². The van der Waals surface area contributed by atoms with E-state index in [0.29, 0.717) is 44.6 Å². The molecule has 0 saturated carbocycles. The highest BCUT2D eigenvalue weighted by Crippen LogP contribution is 2.38. The number of halogens is 2. The van der Waals surface area contributed by atoms with Crippen LogP contribution in [-0.2, 0) is 11.8 Å². The highest BCUT2D eigenvalue weighted by atomic mass is 19.3. The molecule has 1 aromatic heterocycles. The Morgan fingerprint density at radius 2 is 2.00 bits per heavy atom. The van der Waals surface area contributed by atoms with Crippen molar-refractivity contribution in [2.45, 2.75) is 57.8 Å². The Bertz CT molecular complexity index is 1000. The summed E-state index contributed by atoms with van der Waals surface area (Å²) in [4.78, 5) is 16.8. The molecule has 2 aromatic rings. The number of piperidine rings is 1. The molecule has 1 unspecified atom stereocenters. The number of likely N-dealkylation sites (tertiary alicyclic amines) is 1. The molecule has 3 heterocycles. The van der Waals surface area contributed by atoms with Crippen LogP contribution in [0.5, 0.6) is 5.75 Å². The summed E-state index contributed by atoms with van der Waals surface area (Å²) in [5.74, 6) is 0.748. The Hall–Kier alpha value is -2.52. The van der Waals surface area contributed by atoms with Crippen molar-refractivity contribution >= 4 is 5.91 Å². The molecule has 1 aromatic carbocycles. The van der Waals surface area contributed by atoms with Crippen LogP contribution in [0.4, 0.5) is 8.78 Å². The number of carbonyl (C=O) groups excluding carboxylic acids is 1. The fraction of sp³-hybridized carbons (Fsp3) is 0.600. The molecule has 0 aliphatic carbocycles. The lowest BCUT2D eigenvalue weighted by Crippen LogP contribution is -2.58. The third kappa shape index (κ3) is 5.41. The van der Waals surface area contributed by atoms with E-state index in [1.165, 1.54) is 0 Å². The van der Waals surface area contributed by atoms with E-state index in [2.05, 4.69) is 5.10 Å². The van der Waals surface area contributed by atoms with Crippen molar-refractivity contribution < 1.29 is 23.0 Å². The fourth-order valence-electron chi connectivity index (χ4n) is 5.02. The van der Waals surface area contributed by atoms with Crippen LogP contribution in [0.3, 0.4) is 0 Å². The van der Waals surface area contributed by atoms with Crippen molar-refractivity contribution in [2.24, 2.45) is 7.05 Å². The normalized spacial score (nSPS) is 20.9. The van der Waals surface area contributed by atoms with Gasteiger partial charge >= 0.3 is 0 Å². The van der Waals surface area contributed by atoms with Crippen molar-refractivity contribution in [1.29, 1.82) is 0 Å². The average molecular weight is 477 g/mol. The summed E-state index contributed by atoms with van der Waals surface area (Å²) >= 11 is 0. The predicted molar refractivity (Wildman–Crippen MR) is 124 cm³/mol. The van der Waals surface area contributed by atoms with Gasteiger partial charge in [-0.1, -0.05) is 0 Å². The summed E-state index contributed by atoms with van der Waals surface area (Å²) in [5.41, 5.74) is 1.85. The molecular formula is C25H34F2N4O3. The number of hydrogen-bond acceptors (Lipinski definition) is 5. The smallest absolute Gasteiger partial charge is 0.253 e. The Balaban J connectivity index is 1.45. The van der Waals surface area contributed by atoms with Gasteiger partial charge in [-0.3, -0.25) is 14.4 Å². The van der Waals surface area contributed by atoms with Crippen molar-refractivity contribution in [3.63, 3.8) is 0 Å². The largest absolute Gasteiger partial charge is 0.491 e. The fourth-order valence-corrected chi connectivity index (χ4v) is 5.02. The predicted octanol–water partition coefficient (Wildman–Crippen LogP) is 3.83. The van der Waals surface area contributed by atoms with Crippen LogP contribution in [-0.4, -0.2) is 76.3 Å². The Morgan fingerprint density at radius 3 is 2.59 bits per heavy atom. The van der Waals surface area contributed by atoms with Gasteiger partial charge < -0.3 is 14.4 Å². The number of rotatable bonds is 6. The number of morpholine rings is 1. The summed E-state index contributed by atoms with van der Waals surface area (Å²) in [5, 5.41) is 4.22. The second-order valence-corrected chi connectivity index (χ2v) is 9.69. The van der Waals surface area contributed by atoms with Crippen LogP contribution in [0, 0.1) is 6.92 Å². The van der Waals surface area contributed by atoms with Gasteiger partial charge in [-0.15, -0.1) is 0 Å². The van der Waals surface area contributed by atoms with Gasteiger partial charge in [-0.05, 0) is 63.4 Å². The number of carbonyl (C=O) groups is 1. The van der Waals surface area contributed by atoms with Crippen molar-refractivity contribution in [3.05, 3.63) is 47.3 Å². The Labute approximate surface area is 199 Å². The maximum absolute atomic E-state index is 13.2. The monoisotopic (exact) mass is 476 g/mol. The van der Waals surface area contributed by atoms with Crippen LogP contribution in [0.1, 0.15) is 54.4 Å². The number of amides is 1. The van der Waals surface area contributed by atoms with E-state index in [9.17, 15) is 13.6 Å². The van der Waals surface area contributed by atoms with E-state index < -0.39 is 12.0 Å². The molecule has 2 saturated heterocycles. The Kier molecular flexibility index (Phi) is 7.23. The van der Waals surface area contributed by atoms with Crippen LogP contribution in [0.15, 0.2) is 30.5 Å². The molecule has 1 amide bonds. The van der Waals surface area contributed by atoms with Gasteiger partial charge in [0.05, 0.1) is 23.9 Å². The molecular weight excluding hydrogens is 442 g/mol. The van der Waals surface area contributed by atoms with Crippen LogP contribution < -0.4 is 4.74 Å². The van der Waals surface area contributed by atoms with Gasteiger partial charge in [0.15, 0.2) is 0 Å². The van der Waals surface area contributed by atoms with E-state index in [4.69, 9.17) is 9.47 Å². The Morgan fingerprint density at radius 1 is 1.26 bits per heavy atom. The van der Waals surface area contributed by atoms with E-state index in [-0.39, 0.29) is 24.7 Å². The molecule has 2 aliphatic rings. The van der Waals surface area contributed by atoms with Gasteiger partial charge in [0.1, 0.15) is 11.9 Å². The maximum atomic E-state index is 13.2. The number of ether oxygens (including phenoxy) is 2. The van der Waals surface area contributed by atoms with E-state index >= 15 is 0 Å². The third-order valence-electron chi connectivity index (χ3n) is 6.66. The number of aryl methyl sites for hydroxylation is 2. The summed E-state index contributed by atoms with van der Waals surface area (Å²) in [7, 11) is 1.83. The molecule has 2 fully saturated rings. The molecule has 7 nitrogen and oxygen atoms in total. The second kappa shape index (κ2) is 10.00. The van der Waals surface area contributed by atoms with Crippen LogP contribution >= 0.6 is 0 Å². The number of nitrogens with zero attached hydrogens (tertiary/aromatic N) is 4. The molecule has 0 bridgehead atoms. The molecule has 4 rings (SSSR count). The maximum Gasteiger partial charge on any atom is 0.253 e. The summed E-state index contributed by atoms with van der Waals surface area (Å²) in [6, 6.07) is 7.39. The molecule has 0 N–H and O–H groups in total. The second-order valence-electron chi connectivity index (χ2n) is 9.69. The molecule has 0 radical (unpaired) electrons. The van der Waals surface area contributed by atoms with Gasteiger partial charge in [0.25, 0.3) is 12.3 Å². The zero-order valence-corrected chi connectivity index (χ0v) is 20.3. The number of aromatic nitrogens is 2. The lowest BCUT2D eigenvalue weighted by molar-refractivity contribution is -0.181. The minimum absolute atomic E-state index is 0.0301. The van der Waals surface area contributed by atoms with Crippen molar-refractivity contribution in [3.8, 4) is 5.75 Å². The minimum atomic E-state index is -2.41. The van der Waals surface area contributed by atoms with Crippen molar-refractivity contribution in [1.82, 2.24) is 19.6 Å². The van der Waals surface area contributed by atoms with E-state index in [1.807, 2.05) is 50.9 Å². The van der Waals surface area contributed by atoms with Gasteiger partial charge in [-0.25, -0.2) is 8.78 Å². The highest BCUT2D eigenvalue weighted by Gasteiger charge is 2.45. The molecule has 1 atom stereocenters. The van der Waals surface area contributed by atoms with Gasteiger partial charge in [0, 0.05) is 45.0 Å². The van der Waals surface area contributed by atoms with Gasteiger partial charge in [-0.2, -0.15) is 5.10 Å². The van der Waals surface area contributed by atoms with Crippen LogP contribution in [0.25, 0.3) is 0 Å². The van der Waals surface area contributed by atoms with Crippen LogP contribution in [0.2, 0.25) is 0 Å². The number of alkyl halides is 2. The zero-order chi connectivity index (χ0) is 24.5. The average Bonchev–Trinajstić information content (AvgIpc) is 3.20. The van der Waals surface area contributed by atoms with E-state index in [0.717, 1.165) is 17.0 Å². The lowest BCUT2D eigenvalue weighted by Gasteiger charge is -2.50. The molecule has 1 spiro atoms. The first-order valence-corrected chi connectivity index (χ1v) is 11.9. The van der Waals surface area contributed by atoms with Gasteiger partial charge in [0.2, 0.25) is 0 Å². The zero-order valence-electron chi connectivity index (χ0n) is 20.3. The number of hydrogen-bond donors (Lipinski definition) is 0. The first kappa shape index (κ1) is 24.6. The summed E-state index contributed by atoms with van der Waals surface area (Å²) < 4.78 is 40.6. The van der Waals surface area contributed by atoms with Crippen molar-refractivity contribution in [2.75, 3.05) is 32.7 Å². The molecule has 186 valence electrons. The summed E-state index contributed by atoms with van der Waals surface area (Å²) in [6.45, 7) is 7.46. The van der Waals surface area contributed by atoms with E-state index in [1.54, 1.807) is 21.8 Å². The first-order valence-electron chi connectivity index (χ1n) is 11.9. The third-order valence-corrected chi connectivity index (χ3v) is 6.66. The first-order chi connectivity index (χ1) is 16.2. The standard InChI is InChI=1S/C25H34F2N4O3/c1-17(2)33-21-6-5-19(13-18(21)3)24(32)31-11-8-25(9-12-31)16-30(15-23(26)27)14-22(34-25)20-7-10-28-29(20)4/h5-7,10,13,17,22-23H,8-9,11-12,14-16H2,1-4H3. The molecule has 9 heteroatoms. The SMILES string of the molecule is Cc1cc(C(=O)N2CCC3(CC2)CN(CC(F)F)CC(c2ccnn2C)O3)ccc1OC(C)C. The molecule has 2 aliphatic heterocycles. The lowest BCUT2D eigenvalue weighted by atomic mass is 9.87. The minimum Gasteiger partial charge on any atom is -0.491 e. The highest BCUT2D eigenvalue weighted by molar-refractivity contribution is 5.94. The summed E-state index contributed by atoms with van der Waals surface area (Å²) in [6.07, 6.45) is 0.209. The quantitative estimate of drug-likeness (QED) is 0.634. The molecule has 34 heavy (non-hydrogen) atoms.